The van der Waals surface area contributed by atoms with E-state index in [1.54, 1.807) is 38.4 Å². The molecule has 3 aromatic carbocycles. The molecule has 3 heterocycles. The lowest BCUT2D eigenvalue weighted by Crippen LogP contribution is -2.34. The molecule has 5 aromatic rings. The zero-order valence-electron chi connectivity index (χ0n) is 27.5. The fourth-order valence-corrected chi connectivity index (χ4v) is 5.78. The molecule has 1 aliphatic rings. The van der Waals surface area contributed by atoms with Gasteiger partial charge in [0.05, 0.1) is 24.9 Å². The van der Waals surface area contributed by atoms with Crippen LogP contribution < -0.4 is 25.1 Å². The summed E-state index contributed by atoms with van der Waals surface area (Å²) in [6, 6.07) is 15.7. The average Bonchev–Trinajstić information content (AvgIpc) is 3.08. The lowest BCUT2D eigenvalue weighted by atomic mass is 9.99. The number of piperidine rings is 1. The molecule has 1 aliphatic heterocycles. The Bertz CT molecular complexity index is 2040. The minimum absolute atomic E-state index is 0.0764. The van der Waals surface area contributed by atoms with E-state index in [2.05, 4.69) is 27.2 Å². The van der Waals surface area contributed by atoms with Crippen molar-refractivity contribution in [2.45, 2.75) is 33.1 Å². The summed E-state index contributed by atoms with van der Waals surface area (Å²) in [4.78, 5) is 32.7. The van der Waals surface area contributed by atoms with Crippen LogP contribution in [0.25, 0.3) is 16.6 Å². The minimum atomic E-state index is -0.766. The Balaban J connectivity index is 1.18. The first kappa shape index (κ1) is 33.5. The van der Waals surface area contributed by atoms with Crippen LogP contribution in [0.2, 0.25) is 0 Å². The summed E-state index contributed by atoms with van der Waals surface area (Å²) in [7, 11) is 1.55. The predicted molar refractivity (Wildman–Crippen MR) is 182 cm³/mol. The molecule has 1 fully saturated rings. The van der Waals surface area contributed by atoms with Gasteiger partial charge in [-0.1, -0.05) is 13.0 Å². The van der Waals surface area contributed by atoms with Gasteiger partial charge in [-0.05, 0) is 93.2 Å². The monoisotopic (exact) mass is 669 g/mol. The van der Waals surface area contributed by atoms with Gasteiger partial charge >= 0.3 is 0 Å². The van der Waals surface area contributed by atoms with Gasteiger partial charge in [-0.2, -0.15) is 9.78 Å². The normalized spacial score (nSPS) is 13.7. The van der Waals surface area contributed by atoms with Gasteiger partial charge in [-0.25, -0.2) is 8.78 Å². The van der Waals surface area contributed by atoms with E-state index < -0.39 is 23.1 Å². The molecule has 0 bridgehead atoms. The number of methoxy groups -OCH3 is 1. The fourth-order valence-electron chi connectivity index (χ4n) is 5.78. The first-order valence-electron chi connectivity index (χ1n) is 16.2. The summed E-state index contributed by atoms with van der Waals surface area (Å²) in [6.07, 6.45) is 4.91. The first-order chi connectivity index (χ1) is 23.7. The molecule has 0 aliphatic carbocycles. The third-order valence-electron chi connectivity index (χ3n) is 8.54. The van der Waals surface area contributed by atoms with Crippen molar-refractivity contribution >= 4 is 22.5 Å². The van der Waals surface area contributed by atoms with E-state index >= 15 is 4.39 Å². The molecular formula is C37H37F2N5O5. The summed E-state index contributed by atoms with van der Waals surface area (Å²) in [5.41, 5.74) is 0.527. The molecule has 1 N–H and O–H groups in total. The summed E-state index contributed by atoms with van der Waals surface area (Å²) in [5, 5.41) is 7.34. The van der Waals surface area contributed by atoms with Gasteiger partial charge in [0.1, 0.15) is 11.6 Å². The molecule has 0 radical (unpaired) electrons. The number of halogens is 2. The van der Waals surface area contributed by atoms with Crippen LogP contribution in [0.15, 0.2) is 77.7 Å². The number of likely N-dealkylation sites (tertiary alicyclic amines) is 1. The molecule has 0 saturated carbocycles. The Morgan fingerprint density at radius 1 is 0.980 bits per heavy atom. The van der Waals surface area contributed by atoms with Crippen LogP contribution in [0.5, 0.6) is 23.0 Å². The summed E-state index contributed by atoms with van der Waals surface area (Å²) < 4.78 is 47.7. The number of nitrogens with zero attached hydrogens (tertiary/aromatic N) is 4. The first-order valence-corrected chi connectivity index (χ1v) is 16.2. The van der Waals surface area contributed by atoms with Gasteiger partial charge < -0.3 is 24.4 Å². The van der Waals surface area contributed by atoms with Crippen molar-refractivity contribution in [2.24, 2.45) is 5.92 Å². The van der Waals surface area contributed by atoms with Crippen molar-refractivity contribution in [1.82, 2.24) is 19.7 Å². The topological polar surface area (TPSA) is 108 Å². The van der Waals surface area contributed by atoms with E-state index in [1.165, 1.54) is 49.2 Å². The van der Waals surface area contributed by atoms with E-state index in [0.29, 0.717) is 40.3 Å². The van der Waals surface area contributed by atoms with Gasteiger partial charge in [-0.15, -0.1) is 0 Å². The molecule has 10 nitrogen and oxygen atoms in total. The number of hydrogen-bond donors (Lipinski definition) is 1. The van der Waals surface area contributed by atoms with E-state index in [1.807, 2.05) is 0 Å². The third kappa shape index (κ3) is 7.86. The van der Waals surface area contributed by atoms with E-state index in [-0.39, 0.29) is 22.8 Å². The molecule has 254 valence electrons. The van der Waals surface area contributed by atoms with E-state index in [9.17, 15) is 14.0 Å². The molecule has 1 amide bonds. The number of ether oxygens (including phenoxy) is 3. The van der Waals surface area contributed by atoms with Crippen LogP contribution in [0.4, 0.5) is 14.5 Å². The number of benzene rings is 3. The minimum Gasteiger partial charge on any atom is -0.493 e. The Kier molecular flexibility index (Phi) is 10.1. The highest BCUT2D eigenvalue weighted by Gasteiger charge is 2.19. The Labute approximate surface area is 282 Å². The Morgan fingerprint density at radius 2 is 1.80 bits per heavy atom. The lowest BCUT2D eigenvalue weighted by molar-refractivity contribution is 0.102. The Hall–Kier alpha value is -5.36. The van der Waals surface area contributed by atoms with Gasteiger partial charge in [0.2, 0.25) is 0 Å². The predicted octanol–water partition coefficient (Wildman–Crippen LogP) is 6.92. The highest BCUT2D eigenvalue weighted by Crippen LogP contribution is 2.38. The van der Waals surface area contributed by atoms with Crippen LogP contribution in [-0.2, 0) is 0 Å². The van der Waals surface area contributed by atoms with Gasteiger partial charge in [0.25, 0.3) is 11.5 Å². The maximum Gasteiger partial charge on any atom is 0.276 e. The highest BCUT2D eigenvalue weighted by molar-refractivity contribution is 6.03. The van der Waals surface area contributed by atoms with Crippen molar-refractivity contribution in [3.8, 4) is 28.7 Å². The van der Waals surface area contributed by atoms with Crippen molar-refractivity contribution < 1.29 is 27.8 Å². The maximum atomic E-state index is 15.5. The second kappa shape index (κ2) is 14.8. The number of fused-ring (bicyclic) bond motifs is 1. The standard InChI is InChI=1S/C37H37F2N5O5/c1-23-11-15-43(16-12-23)14-5-17-48-34-22-30-28(21-33(34)47-3)31(10-13-40-30)49-32-9-8-27(20-29(32)39)44-35(45)18-24(2)36(42-44)37(46)41-26-7-4-6-25(38)19-26/h4,6-10,13,18-23H,5,11-12,14-17H2,1-3H3,(H,41,46). The third-order valence-corrected chi connectivity index (χ3v) is 8.54. The molecular weight excluding hydrogens is 632 g/mol. The number of aromatic nitrogens is 3. The van der Waals surface area contributed by atoms with Crippen LogP contribution in [0.1, 0.15) is 42.2 Å². The van der Waals surface area contributed by atoms with E-state index in [0.717, 1.165) is 48.8 Å². The molecule has 12 heteroatoms. The summed E-state index contributed by atoms with van der Waals surface area (Å²) in [5.74, 6) is 0.133. The number of hydrogen-bond acceptors (Lipinski definition) is 8. The smallest absolute Gasteiger partial charge is 0.276 e. The highest BCUT2D eigenvalue weighted by atomic mass is 19.1. The second-order valence-corrected chi connectivity index (χ2v) is 12.2. The van der Waals surface area contributed by atoms with Crippen LogP contribution in [0, 0.1) is 24.5 Å². The summed E-state index contributed by atoms with van der Waals surface area (Å²) >= 11 is 0. The van der Waals surface area contributed by atoms with Gasteiger partial charge in [0.15, 0.2) is 28.8 Å². The largest absolute Gasteiger partial charge is 0.493 e. The quantitative estimate of drug-likeness (QED) is 0.151. The lowest BCUT2D eigenvalue weighted by Gasteiger charge is -2.30. The molecule has 49 heavy (non-hydrogen) atoms. The van der Waals surface area contributed by atoms with Crippen molar-refractivity contribution in [1.29, 1.82) is 0 Å². The number of nitrogens with one attached hydrogen (secondary N) is 1. The van der Waals surface area contributed by atoms with Gasteiger partial charge in [0, 0.05) is 42.0 Å². The van der Waals surface area contributed by atoms with E-state index in [4.69, 9.17) is 14.2 Å². The molecule has 6 rings (SSSR count). The van der Waals surface area contributed by atoms with Crippen LogP contribution >= 0.6 is 0 Å². The average molecular weight is 670 g/mol. The number of aryl methyl sites for hydroxylation is 1. The molecule has 0 spiro atoms. The van der Waals surface area contributed by atoms with Crippen LogP contribution in [-0.4, -0.2) is 58.9 Å². The number of pyridine rings is 1. The number of amides is 1. The number of carbonyl (C=O) groups excluding carboxylic acids is 1. The second-order valence-electron chi connectivity index (χ2n) is 12.2. The number of rotatable bonds is 11. The molecule has 1 saturated heterocycles. The number of anilines is 1. The molecule has 0 unspecified atom stereocenters. The zero-order valence-corrected chi connectivity index (χ0v) is 27.5. The molecule has 2 aromatic heterocycles. The SMILES string of the molecule is COc1cc2c(Oc3ccc(-n4nc(C(=O)Nc5cccc(F)c5)c(C)cc4=O)cc3F)ccnc2cc1OCCCN1CCC(C)CC1. The van der Waals surface area contributed by atoms with Gasteiger partial charge in [-0.3, -0.25) is 14.6 Å². The Morgan fingerprint density at radius 3 is 2.55 bits per heavy atom. The fraction of sp³-hybridized carbons (Fsp3) is 0.297. The molecule has 0 atom stereocenters. The van der Waals surface area contributed by atoms with Crippen molar-refractivity contribution in [3.63, 3.8) is 0 Å². The van der Waals surface area contributed by atoms with Crippen molar-refractivity contribution in [3.05, 3.63) is 106 Å². The zero-order chi connectivity index (χ0) is 34.5. The van der Waals surface area contributed by atoms with Crippen LogP contribution in [0.3, 0.4) is 0 Å². The summed E-state index contributed by atoms with van der Waals surface area (Å²) in [6.45, 7) is 7.60. The van der Waals surface area contributed by atoms with Crippen molar-refractivity contribution in [2.75, 3.05) is 38.7 Å². The maximum absolute atomic E-state index is 15.5. The number of carbonyl (C=O) groups is 1.